The number of ether oxygens (including phenoxy) is 1. The highest BCUT2D eigenvalue weighted by atomic mass is 16.5. The number of para-hydroxylation sites is 2. The number of amides is 3. The number of hydrogen-bond acceptors (Lipinski definition) is 5. The van der Waals surface area contributed by atoms with Crippen molar-refractivity contribution in [2.75, 3.05) is 44.7 Å². The monoisotopic (exact) mass is 396 g/mol. The van der Waals surface area contributed by atoms with E-state index in [0.717, 1.165) is 30.1 Å². The number of nitrogens with zero attached hydrogens (tertiary/aromatic N) is 2. The van der Waals surface area contributed by atoms with E-state index in [1.165, 1.54) is 0 Å². The molecule has 1 fully saturated rings. The molecule has 0 bridgehead atoms. The maximum absolute atomic E-state index is 12.9. The summed E-state index contributed by atoms with van der Waals surface area (Å²) in [5.41, 5.74) is 1.93. The van der Waals surface area contributed by atoms with Crippen molar-refractivity contribution in [3.8, 4) is 5.75 Å². The van der Waals surface area contributed by atoms with Gasteiger partial charge in [-0.2, -0.15) is 0 Å². The van der Waals surface area contributed by atoms with Gasteiger partial charge in [0.05, 0.1) is 12.8 Å². The Labute approximate surface area is 171 Å². The SMILES string of the molecule is CCNC(=O)NC(=O)[C@@H](c1ccccc1)N1CCN(c2ccccc2OC)CC1. The Morgan fingerprint density at radius 1 is 1.00 bits per heavy atom. The van der Waals surface area contributed by atoms with E-state index in [1.54, 1.807) is 7.11 Å². The van der Waals surface area contributed by atoms with Crippen molar-refractivity contribution >= 4 is 17.6 Å². The van der Waals surface area contributed by atoms with Crippen molar-refractivity contribution in [1.29, 1.82) is 0 Å². The number of carbonyl (C=O) groups excluding carboxylic acids is 2. The van der Waals surface area contributed by atoms with Gasteiger partial charge in [0.25, 0.3) is 0 Å². The first-order valence-electron chi connectivity index (χ1n) is 9.89. The molecular weight excluding hydrogens is 368 g/mol. The summed E-state index contributed by atoms with van der Waals surface area (Å²) >= 11 is 0. The number of carbonyl (C=O) groups is 2. The first-order chi connectivity index (χ1) is 14.1. The zero-order valence-electron chi connectivity index (χ0n) is 16.9. The van der Waals surface area contributed by atoms with Gasteiger partial charge in [-0.15, -0.1) is 0 Å². The topological polar surface area (TPSA) is 73.9 Å². The second kappa shape index (κ2) is 9.93. The number of anilines is 1. The molecule has 2 aromatic carbocycles. The third-order valence-electron chi connectivity index (χ3n) is 5.04. The third-order valence-corrected chi connectivity index (χ3v) is 5.04. The molecule has 2 aromatic rings. The van der Waals surface area contributed by atoms with Gasteiger partial charge in [0.15, 0.2) is 0 Å². The lowest BCUT2D eigenvalue weighted by molar-refractivity contribution is -0.125. The number of nitrogens with one attached hydrogen (secondary N) is 2. The molecule has 154 valence electrons. The Morgan fingerprint density at radius 2 is 1.66 bits per heavy atom. The highest BCUT2D eigenvalue weighted by Crippen LogP contribution is 2.30. The normalized spacial score (nSPS) is 15.4. The zero-order valence-corrected chi connectivity index (χ0v) is 16.9. The molecule has 0 aliphatic carbocycles. The molecule has 7 nitrogen and oxygen atoms in total. The molecule has 0 aromatic heterocycles. The largest absolute Gasteiger partial charge is 0.495 e. The van der Waals surface area contributed by atoms with Crippen molar-refractivity contribution in [3.63, 3.8) is 0 Å². The summed E-state index contributed by atoms with van der Waals surface area (Å²) in [4.78, 5) is 29.2. The molecule has 1 aliphatic heterocycles. The molecule has 0 radical (unpaired) electrons. The van der Waals surface area contributed by atoms with Gasteiger partial charge in [-0.25, -0.2) is 4.79 Å². The van der Waals surface area contributed by atoms with Crippen LogP contribution in [0.1, 0.15) is 18.5 Å². The Kier molecular flexibility index (Phi) is 7.08. The molecule has 0 saturated carbocycles. The van der Waals surface area contributed by atoms with Crippen LogP contribution in [0.2, 0.25) is 0 Å². The number of methoxy groups -OCH3 is 1. The molecule has 3 rings (SSSR count). The van der Waals surface area contributed by atoms with Crippen molar-refractivity contribution in [2.24, 2.45) is 0 Å². The number of benzene rings is 2. The molecule has 7 heteroatoms. The van der Waals surface area contributed by atoms with Crippen LogP contribution >= 0.6 is 0 Å². The van der Waals surface area contributed by atoms with Gasteiger partial charge in [-0.05, 0) is 24.6 Å². The van der Waals surface area contributed by atoms with Crippen molar-refractivity contribution in [1.82, 2.24) is 15.5 Å². The van der Waals surface area contributed by atoms with E-state index in [9.17, 15) is 9.59 Å². The average Bonchev–Trinajstić information content (AvgIpc) is 2.75. The van der Waals surface area contributed by atoms with Crippen molar-refractivity contribution < 1.29 is 14.3 Å². The molecule has 29 heavy (non-hydrogen) atoms. The van der Waals surface area contributed by atoms with E-state index in [0.29, 0.717) is 19.6 Å². The molecule has 1 atom stereocenters. The van der Waals surface area contributed by atoms with Crippen LogP contribution in [-0.2, 0) is 4.79 Å². The van der Waals surface area contributed by atoms with E-state index in [1.807, 2.05) is 61.5 Å². The molecule has 1 aliphatic rings. The van der Waals surface area contributed by atoms with Crippen LogP contribution in [0.25, 0.3) is 0 Å². The quantitative estimate of drug-likeness (QED) is 0.784. The summed E-state index contributed by atoms with van der Waals surface area (Å²) in [6.07, 6.45) is 0. The smallest absolute Gasteiger partial charge is 0.321 e. The van der Waals surface area contributed by atoms with Gasteiger partial charge in [-0.1, -0.05) is 42.5 Å². The summed E-state index contributed by atoms with van der Waals surface area (Å²) in [6, 6.07) is 16.6. The van der Waals surface area contributed by atoms with E-state index in [4.69, 9.17) is 4.74 Å². The molecule has 1 heterocycles. The van der Waals surface area contributed by atoms with Crippen molar-refractivity contribution in [3.05, 3.63) is 60.2 Å². The predicted molar refractivity (Wildman–Crippen MR) is 113 cm³/mol. The first-order valence-corrected chi connectivity index (χ1v) is 9.89. The molecule has 3 amide bonds. The Bertz CT molecular complexity index is 820. The van der Waals surface area contributed by atoms with Crippen LogP contribution in [0, 0.1) is 0 Å². The van der Waals surface area contributed by atoms with Gasteiger partial charge in [0, 0.05) is 32.7 Å². The van der Waals surface area contributed by atoms with Gasteiger partial charge in [0.2, 0.25) is 5.91 Å². The third kappa shape index (κ3) is 5.06. The van der Waals surface area contributed by atoms with Gasteiger partial charge in [-0.3, -0.25) is 15.0 Å². The number of urea groups is 1. The average molecular weight is 396 g/mol. The number of hydrogen-bond donors (Lipinski definition) is 2. The fraction of sp³-hybridized carbons (Fsp3) is 0.364. The predicted octanol–water partition coefficient (Wildman–Crippen LogP) is 2.40. The molecule has 1 saturated heterocycles. The first kappa shape index (κ1) is 20.7. The summed E-state index contributed by atoms with van der Waals surface area (Å²) in [5, 5.41) is 5.09. The lowest BCUT2D eigenvalue weighted by atomic mass is 10.0. The number of piperazine rings is 1. The van der Waals surface area contributed by atoms with Crippen LogP contribution in [0.15, 0.2) is 54.6 Å². The van der Waals surface area contributed by atoms with Crippen LogP contribution in [-0.4, -0.2) is 56.7 Å². The van der Waals surface area contributed by atoms with Crippen LogP contribution in [0.3, 0.4) is 0 Å². The second-order valence-corrected chi connectivity index (χ2v) is 6.86. The van der Waals surface area contributed by atoms with Crippen LogP contribution < -0.4 is 20.3 Å². The summed E-state index contributed by atoms with van der Waals surface area (Å²) < 4.78 is 5.48. The maximum Gasteiger partial charge on any atom is 0.321 e. The van der Waals surface area contributed by atoms with Gasteiger partial charge >= 0.3 is 6.03 Å². The maximum atomic E-state index is 12.9. The highest BCUT2D eigenvalue weighted by molar-refractivity contribution is 5.97. The van der Waals surface area contributed by atoms with E-state index in [-0.39, 0.29) is 5.91 Å². The summed E-state index contributed by atoms with van der Waals surface area (Å²) in [5.74, 6) is 0.530. The Morgan fingerprint density at radius 3 is 2.31 bits per heavy atom. The molecular formula is C22H28N4O3. The number of rotatable bonds is 6. The molecule has 0 unspecified atom stereocenters. The van der Waals surface area contributed by atoms with Gasteiger partial charge < -0.3 is 15.0 Å². The lowest BCUT2D eigenvalue weighted by Gasteiger charge is -2.40. The fourth-order valence-electron chi connectivity index (χ4n) is 3.66. The summed E-state index contributed by atoms with van der Waals surface area (Å²) in [7, 11) is 1.67. The minimum atomic E-state index is -0.515. The molecule has 0 spiro atoms. The zero-order chi connectivity index (χ0) is 20.6. The van der Waals surface area contributed by atoms with E-state index >= 15 is 0 Å². The van der Waals surface area contributed by atoms with E-state index in [2.05, 4.69) is 20.4 Å². The van der Waals surface area contributed by atoms with Crippen molar-refractivity contribution in [2.45, 2.75) is 13.0 Å². The van der Waals surface area contributed by atoms with E-state index < -0.39 is 12.1 Å². The number of imide groups is 1. The minimum Gasteiger partial charge on any atom is -0.495 e. The standard InChI is InChI=1S/C22H28N4O3/c1-3-23-22(28)24-21(27)20(17-9-5-4-6-10-17)26-15-13-25(14-16-26)18-11-7-8-12-19(18)29-2/h4-12,20H,3,13-16H2,1-2H3,(H2,23,24,27,28)/t20-/m1/s1. The summed E-state index contributed by atoms with van der Waals surface area (Å²) in [6.45, 7) is 5.19. The Balaban J connectivity index is 1.74. The fourth-order valence-corrected chi connectivity index (χ4v) is 3.66. The van der Waals surface area contributed by atoms with Crippen LogP contribution in [0.5, 0.6) is 5.75 Å². The minimum absolute atomic E-state index is 0.312. The highest BCUT2D eigenvalue weighted by Gasteiger charge is 2.31. The Hall–Kier alpha value is -3.06. The van der Waals surface area contributed by atoms with Crippen LogP contribution in [0.4, 0.5) is 10.5 Å². The second-order valence-electron chi connectivity index (χ2n) is 6.86. The molecule has 2 N–H and O–H groups in total. The van der Waals surface area contributed by atoms with Gasteiger partial charge in [0.1, 0.15) is 11.8 Å². The lowest BCUT2D eigenvalue weighted by Crippen LogP contribution is -2.52.